The van der Waals surface area contributed by atoms with E-state index in [1.165, 1.54) is 25.4 Å². The Hall–Kier alpha value is -6.50. The number of alkyl carbamates (subject to hydrolysis) is 1. The minimum absolute atomic E-state index is 0.0425. The summed E-state index contributed by atoms with van der Waals surface area (Å²) in [7, 11) is 1.25. The van der Waals surface area contributed by atoms with Crippen LogP contribution >= 0.6 is 0 Å². The zero-order valence-corrected chi connectivity index (χ0v) is 37.3. The number of hydrogen-bond acceptors (Lipinski definition) is 10. The van der Waals surface area contributed by atoms with Crippen LogP contribution in [0.4, 0.5) is 33.9 Å². The van der Waals surface area contributed by atoms with Gasteiger partial charge in [0.25, 0.3) is 5.91 Å². The zero-order chi connectivity index (χ0) is 47.1. The zero-order valence-electron chi connectivity index (χ0n) is 37.3. The van der Waals surface area contributed by atoms with Crippen molar-refractivity contribution >= 4 is 57.1 Å². The van der Waals surface area contributed by atoms with E-state index in [-0.39, 0.29) is 40.3 Å². The number of imidazole rings is 1. The summed E-state index contributed by atoms with van der Waals surface area (Å²) in [6.45, 7) is 11.1. The van der Waals surface area contributed by atoms with Gasteiger partial charge in [-0.25, -0.2) is 19.2 Å². The molecule has 3 saturated heterocycles. The SMILES string of the molecule is COC(=O)NC(C(=O)N1CC(C)CC1c1nc2c(ccc3cc(-c4cc(F)c(NC(=O)c5ccc(N6CCN(C(=O)C(C)(C)C)CC6)nc5)cc4OC(F)(F)F)ccc32)[nH]1)C1CCOCC1. The van der Waals surface area contributed by atoms with Crippen LogP contribution in [-0.2, 0) is 19.1 Å². The van der Waals surface area contributed by atoms with E-state index in [9.17, 15) is 32.3 Å². The average molecular weight is 917 g/mol. The molecule has 66 heavy (non-hydrogen) atoms. The number of hydrogen-bond donors (Lipinski definition) is 3. The Morgan fingerprint density at radius 1 is 0.955 bits per heavy atom. The summed E-state index contributed by atoms with van der Waals surface area (Å²) in [6.07, 6.45) is -2.75. The van der Waals surface area contributed by atoms with Gasteiger partial charge in [0, 0.05) is 74.6 Å². The fourth-order valence-corrected chi connectivity index (χ4v) is 9.09. The van der Waals surface area contributed by atoms with Gasteiger partial charge in [0.1, 0.15) is 29.3 Å². The first-order chi connectivity index (χ1) is 31.4. The number of halogens is 4. The van der Waals surface area contributed by atoms with Gasteiger partial charge in [-0.1, -0.05) is 45.9 Å². The molecule has 3 unspecified atom stereocenters. The topological polar surface area (TPSA) is 171 Å². The number of alkyl halides is 3. The molecule has 3 aliphatic rings. The highest BCUT2D eigenvalue weighted by Crippen LogP contribution is 2.41. The number of nitrogens with one attached hydrogen (secondary N) is 3. The first kappa shape index (κ1) is 46.0. The Morgan fingerprint density at radius 2 is 1.70 bits per heavy atom. The van der Waals surface area contributed by atoms with Crippen LogP contribution in [0.3, 0.4) is 0 Å². The molecule has 3 aliphatic heterocycles. The van der Waals surface area contributed by atoms with Crippen LogP contribution < -0.4 is 20.3 Å². The fraction of sp³-hybridized carbons (Fsp3) is 0.447. The molecule has 0 aliphatic carbocycles. The standard InChI is InChI=1S/C47H52F4N8O7/c1-26-20-36(59(25-26)43(61)39(56-45(63)64-5)27-12-18-65-19-13-27)41-53-34-10-7-28-21-29(6-9-31(28)40(34)55-41)32-22-33(48)35(23-37(32)66-47(49,50)51)54-42(60)30-8-11-38(52-24-30)57-14-16-58(17-15-57)44(62)46(2,3)4/h6-11,21-24,26-27,36,39H,12-20,25H2,1-5H3,(H,53,55)(H,54,60)(H,56,63). The third kappa shape index (κ3) is 9.85. The Kier molecular flexibility index (Phi) is 12.8. The molecule has 0 spiro atoms. The van der Waals surface area contributed by atoms with E-state index in [1.807, 2.05) is 32.6 Å². The molecule has 0 radical (unpaired) electrons. The van der Waals surface area contributed by atoms with Gasteiger partial charge in [-0.05, 0) is 72.4 Å². The summed E-state index contributed by atoms with van der Waals surface area (Å²) in [5, 5.41) is 6.35. The lowest BCUT2D eigenvalue weighted by molar-refractivity contribution is -0.274. The average Bonchev–Trinajstić information content (AvgIpc) is 3.92. The Labute approximate surface area is 378 Å². The molecule has 3 aromatic carbocycles. The number of anilines is 2. The van der Waals surface area contributed by atoms with Gasteiger partial charge in [-0.15, -0.1) is 13.2 Å². The molecule has 2 aromatic heterocycles. The lowest BCUT2D eigenvalue weighted by Gasteiger charge is -2.38. The molecule has 350 valence electrons. The summed E-state index contributed by atoms with van der Waals surface area (Å²) < 4.78 is 72.2. The highest BCUT2D eigenvalue weighted by atomic mass is 19.4. The maximum atomic E-state index is 15.8. The summed E-state index contributed by atoms with van der Waals surface area (Å²) in [4.78, 5) is 70.8. The minimum Gasteiger partial charge on any atom is -0.453 e. The number of methoxy groups -OCH3 is 1. The number of carbonyl (C=O) groups excluding carboxylic acids is 4. The Balaban J connectivity index is 1.02. The van der Waals surface area contributed by atoms with E-state index in [4.69, 9.17) is 14.5 Å². The number of likely N-dealkylation sites (tertiary alicyclic amines) is 1. The Bertz CT molecular complexity index is 2640. The van der Waals surface area contributed by atoms with Crippen molar-refractivity contribution in [1.82, 2.24) is 30.1 Å². The second-order valence-corrected chi connectivity index (χ2v) is 18.2. The predicted molar refractivity (Wildman–Crippen MR) is 237 cm³/mol. The first-order valence-electron chi connectivity index (χ1n) is 21.9. The molecule has 3 N–H and O–H groups in total. The molecule has 0 saturated carbocycles. The molecule has 15 nitrogen and oxygen atoms in total. The third-order valence-electron chi connectivity index (χ3n) is 12.5. The molecule has 3 atom stereocenters. The second kappa shape index (κ2) is 18.4. The van der Waals surface area contributed by atoms with Crippen LogP contribution in [0.2, 0.25) is 0 Å². The number of ether oxygens (including phenoxy) is 3. The van der Waals surface area contributed by atoms with Gasteiger partial charge in [-0.2, -0.15) is 0 Å². The fourth-order valence-electron chi connectivity index (χ4n) is 9.09. The molecule has 4 amide bonds. The van der Waals surface area contributed by atoms with Crippen molar-refractivity contribution in [2.24, 2.45) is 17.3 Å². The van der Waals surface area contributed by atoms with Gasteiger partial charge in [-0.3, -0.25) is 14.4 Å². The van der Waals surface area contributed by atoms with Crippen molar-refractivity contribution in [3.05, 3.63) is 78.0 Å². The van der Waals surface area contributed by atoms with Crippen molar-refractivity contribution in [3.63, 3.8) is 0 Å². The highest BCUT2D eigenvalue weighted by molar-refractivity contribution is 6.06. The first-order valence-corrected chi connectivity index (χ1v) is 21.9. The molecule has 8 rings (SSSR count). The second-order valence-electron chi connectivity index (χ2n) is 18.2. The van der Waals surface area contributed by atoms with Crippen LogP contribution in [0.25, 0.3) is 32.9 Å². The maximum absolute atomic E-state index is 15.8. The number of pyridine rings is 1. The van der Waals surface area contributed by atoms with Gasteiger partial charge >= 0.3 is 12.5 Å². The molecular formula is C47H52F4N8O7. The number of aromatic amines is 1. The van der Waals surface area contributed by atoms with Crippen molar-refractivity contribution in [1.29, 1.82) is 0 Å². The molecule has 3 fully saturated rings. The van der Waals surface area contributed by atoms with Crippen molar-refractivity contribution in [2.45, 2.75) is 65.4 Å². The lowest BCUT2D eigenvalue weighted by atomic mass is 9.90. The van der Waals surface area contributed by atoms with Gasteiger partial charge in [0.15, 0.2) is 0 Å². The van der Waals surface area contributed by atoms with E-state index >= 15 is 4.39 Å². The van der Waals surface area contributed by atoms with E-state index in [2.05, 4.69) is 25.3 Å². The number of benzene rings is 3. The molecular weight excluding hydrogens is 865 g/mol. The molecule has 19 heteroatoms. The number of aromatic nitrogens is 3. The largest absolute Gasteiger partial charge is 0.573 e. The van der Waals surface area contributed by atoms with Gasteiger partial charge in [0.05, 0.1) is 35.4 Å². The molecule has 0 bridgehead atoms. The summed E-state index contributed by atoms with van der Waals surface area (Å²) in [5.74, 6) is -1.63. The maximum Gasteiger partial charge on any atom is 0.573 e. The normalized spacial score (nSPS) is 19.0. The number of nitrogens with zero attached hydrogens (tertiary/aromatic N) is 5. The number of fused-ring (bicyclic) bond motifs is 3. The van der Waals surface area contributed by atoms with Crippen molar-refractivity contribution < 1.29 is 51.0 Å². The number of piperazine rings is 1. The summed E-state index contributed by atoms with van der Waals surface area (Å²) in [6, 6.07) is 11.9. The van der Waals surface area contributed by atoms with Crippen LogP contribution in [0, 0.1) is 23.1 Å². The van der Waals surface area contributed by atoms with Crippen LogP contribution in [0.1, 0.15) is 69.2 Å². The number of rotatable bonds is 9. The minimum atomic E-state index is -5.15. The van der Waals surface area contributed by atoms with Crippen LogP contribution in [-0.4, -0.2) is 114 Å². The number of carbonyl (C=O) groups is 4. The number of H-pyrrole nitrogens is 1. The van der Waals surface area contributed by atoms with E-state index in [1.54, 1.807) is 40.1 Å². The van der Waals surface area contributed by atoms with E-state index in [0.717, 1.165) is 12.1 Å². The predicted octanol–water partition coefficient (Wildman–Crippen LogP) is 7.82. The van der Waals surface area contributed by atoms with Gasteiger partial charge < -0.3 is 44.5 Å². The highest BCUT2D eigenvalue weighted by Gasteiger charge is 2.42. The Morgan fingerprint density at radius 3 is 2.36 bits per heavy atom. The third-order valence-corrected chi connectivity index (χ3v) is 12.5. The quantitative estimate of drug-likeness (QED) is 0.124. The van der Waals surface area contributed by atoms with Crippen molar-refractivity contribution in [3.8, 4) is 16.9 Å². The smallest absolute Gasteiger partial charge is 0.453 e. The molecule has 5 heterocycles. The van der Waals surface area contributed by atoms with Crippen molar-refractivity contribution in [2.75, 3.05) is 63.3 Å². The van der Waals surface area contributed by atoms with E-state index in [0.29, 0.717) is 98.6 Å². The lowest BCUT2D eigenvalue weighted by Crippen LogP contribution is -2.53. The van der Waals surface area contributed by atoms with Crippen LogP contribution in [0.15, 0.2) is 60.8 Å². The summed E-state index contributed by atoms with van der Waals surface area (Å²) in [5.41, 5.74) is 0.222. The number of amides is 4. The van der Waals surface area contributed by atoms with Crippen LogP contribution in [0.5, 0.6) is 5.75 Å². The van der Waals surface area contributed by atoms with E-state index < -0.39 is 53.1 Å². The van der Waals surface area contributed by atoms with Gasteiger partial charge in [0.2, 0.25) is 11.8 Å². The monoisotopic (exact) mass is 916 g/mol. The molecule has 5 aromatic rings. The summed E-state index contributed by atoms with van der Waals surface area (Å²) >= 11 is 0.